The van der Waals surface area contributed by atoms with Gasteiger partial charge in [0.15, 0.2) is 9.84 Å². The number of nitrogens with one attached hydrogen (secondary N) is 1. The van der Waals surface area contributed by atoms with Crippen LogP contribution in [0.3, 0.4) is 0 Å². The predicted octanol–water partition coefficient (Wildman–Crippen LogP) is 4.46. The van der Waals surface area contributed by atoms with Gasteiger partial charge in [-0.2, -0.15) is 0 Å². The third-order valence-corrected chi connectivity index (χ3v) is 10.3. The molecular weight excluding hydrogens is 487 g/mol. The first-order valence-electron chi connectivity index (χ1n) is 12.1. The standard InChI is InChI=1S/C25H33N2O6PS/c1-4-32-34(29,33-5-2)20-12-15-23(26-17-20)27-24(28)25(16-22(25)18-8-6-7-9-18)19-10-13-21(14-11-19)35(3,30)31/h10-15,17-18,22H,4-9,16H2,1-3H3,(H,26,27,28). The predicted molar refractivity (Wildman–Crippen MR) is 135 cm³/mol. The van der Waals surface area contributed by atoms with Gasteiger partial charge < -0.3 is 14.4 Å². The summed E-state index contributed by atoms with van der Waals surface area (Å²) in [6, 6.07) is 9.89. The molecule has 0 aliphatic heterocycles. The number of carbonyl (C=O) groups excluding carboxylic acids is 1. The SMILES string of the molecule is CCOP(=O)(OCC)c1ccc(NC(=O)C2(c3ccc(S(C)(=O)=O)cc3)CC2C2CCCC2)nc1. The Bertz CT molecular complexity index is 1200. The molecule has 1 aromatic heterocycles. The van der Waals surface area contributed by atoms with E-state index >= 15 is 0 Å². The van der Waals surface area contributed by atoms with Crippen molar-refractivity contribution < 1.29 is 26.8 Å². The molecule has 2 unspecified atom stereocenters. The van der Waals surface area contributed by atoms with Crippen LogP contribution in [0.25, 0.3) is 0 Å². The number of carbonyl (C=O) groups is 1. The molecular formula is C25H33N2O6PS. The van der Waals surface area contributed by atoms with Crippen molar-refractivity contribution in [2.45, 2.75) is 56.3 Å². The van der Waals surface area contributed by atoms with E-state index in [0.29, 0.717) is 17.0 Å². The first-order valence-corrected chi connectivity index (χ1v) is 15.5. The first-order chi connectivity index (χ1) is 16.6. The van der Waals surface area contributed by atoms with Crippen molar-refractivity contribution in [3.05, 3.63) is 48.2 Å². The molecule has 2 fully saturated rings. The van der Waals surface area contributed by atoms with Crippen LogP contribution in [0.5, 0.6) is 0 Å². The van der Waals surface area contributed by atoms with Crippen molar-refractivity contribution in [3.8, 4) is 0 Å². The van der Waals surface area contributed by atoms with Gasteiger partial charge in [-0.25, -0.2) is 13.4 Å². The minimum absolute atomic E-state index is 0.153. The van der Waals surface area contributed by atoms with Gasteiger partial charge in [0.2, 0.25) is 5.91 Å². The smallest absolute Gasteiger partial charge is 0.310 e. The van der Waals surface area contributed by atoms with Gasteiger partial charge in [-0.05, 0) is 61.9 Å². The van der Waals surface area contributed by atoms with Crippen molar-refractivity contribution in [1.82, 2.24) is 4.98 Å². The van der Waals surface area contributed by atoms with Crippen molar-refractivity contribution in [2.75, 3.05) is 24.8 Å². The lowest BCUT2D eigenvalue weighted by molar-refractivity contribution is -0.119. The number of pyridine rings is 1. The maximum Gasteiger partial charge on any atom is 0.362 e. The molecule has 35 heavy (non-hydrogen) atoms. The first kappa shape index (κ1) is 26.0. The van der Waals surface area contributed by atoms with Crippen LogP contribution in [0.4, 0.5) is 5.82 Å². The summed E-state index contributed by atoms with van der Waals surface area (Å²) in [4.78, 5) is 18.2. The number of anilines is 1. The second-order valence-electron chi connectivity index (χ2n) is 9.31. The van der Waals surface area contributed by atoms with Gasteiger partial charge in [0.1, 0.15) is 5.82 Å². The van der Waals surface area contributed by atoms with Gasteiger partial charge in [0, 0.05) is 12.5 Å². The van der Waals surface area contributed by atoms with Gasteiger partial charge in [-0.15, -0.1) is 0 Å². The Kier molecular flexibility index (Phi) is 7.53. The molecule has 4 rings (SSSR count). The highest BCUT2D eigenvalue weighted by Crippen LogP contribution is 2.61. The molecule has 2 aromatic rings. The molecule has 1 aromatic carbocycles. The Labute approximate surface area is 207 Å². The topological polar surface area (TPSA) is 112 Å². The summed E-state index contributed by atoms with van der Waals surface area (Å²) >= 11 is 0. The molecule has 2 aliphatic rings. The quantitative estimate of drug-likeness (QED) is 0.460. The monoisotopic (exact) mass is 520 g/mol. The number of hydrogen-bond donors (Lipinski definition) is 1. The van der Waals surface area contributed by atoms with Crippen LogP contribution in [0.1, 0.15) is 51.5 Å². The van der Waals surface area contributed by atoms with Gasteiger partial charge in [0.05, 0.1) is 28.8 Å². The number of rotatable bonds is 10. The molecule has 0 radical (unpaired) electrons. The highest BCUT2D eigenvalue weighted by Gasteiger charge is 2.63. The van der Waals surface area contributed by atoms with Crippen LogP contribution < -0.4 is 10.6 Å². The Morgan fingerprint density at radius 3 is 2.23 bits per heavy atom. The molecule has 2 atom stereocenters. The van der Waals surface area contributed by atoms with Crippen molar-refractivity contribution in [1.29, 1.82) is 0 Å². The number of aromatic nitrogens is 1. The van der Waals surface area contributed by atoms with Gasteiger partial charge >= 0.3 is 7.60 Å². The molecule has 1 N–H and O–H groups in total. The maximum atomic E-state index is 13.7. The van der Waals surface area contributed by atoms with E-state index in [4.69, 9.17) is 9.05 Å². The summed E-state index contributed by atoms with van der Waals surface area (Å²) in [5, 5.41) is 3.28. The van der Waals surface area contributed by atoms with Crippen molar-refractivity contribution >= 4 is 34.5 Å². The summed E-state index contributed by atoms with van der Waals surface area (Å²) in [7, 11) is -6.78. The minimum Gasteiger partial charge on any atom is -0.310 e. The van der Waals surface area contributed by atoms with E-state index < -0.39 is 22.8 Å². The summed E-state index contributed by atoms with van der Waals surface area (Å²) in [5.41, 5.74) is 0.116. The molecule has 2 aliphatic carbocycles. The fourth-order valence-corrected chi connectivity index (χ4v) is 7.46. The van der Waals surface area contributed by atoms with E-state index in [-0.39, 0.29) is 29.9 Å². The minimum atomic E-state index is -3.46. The van der Waals surface area contributed by atoms with Gasteiger partial charge in [-0.3, -0.25) is 9.36 Å². The lowest BCUT2D eigenvalue weighted by atomic mass is 9.86. The second-order valence-corrected chi connectivity index (χ2v) is 13.4. The average Bonchev–Trinajstić information content (AvgIpc) is 3.35. The number of benzene rings is 1. The molecule has 0 spiro atoms. The Morgan fingerprint density at radius 1 is 1.09 bits per heavy atom. The van der Waals surface area contributed by atoms with Crippen LogP contribution in [0.2, 0.25) is 0 Å². The van der Waals surface area contributed by atoms with Gasteiger partial charge in [0.25, 0.3) is 0 Å². The van der Waals surface area contributed by atoms with E-state index in [2.05, 4.69) is 10.3 Å². The van der Waals surface area contributed by atoms with E-state index in [9.17, 15) is 17.8 Å². The summed E-state index contributed by atoms with van der Waals surface area (Å²) in [5.74, 6) is 0.889. The molecule has 0 saturated heterocycles. The molecule has 10 heteroatoms. The molecule has 0 bridgehead atoms. The van der Waals surface area contributed by atoms with Crippen LogP contribution in [0, 0.1) is 11.8 Å². The summed E-state index contributed by atoms with van der Waals surface area (Å²) in [6.07, 6.45) is 7.88. The fourth-order valence-electron chi connectivity index (χ4n) is 5.32. The maximum absolute atomic E-state index is 13.7. The largest absolute Gasteiger partial charge is 0.362 e. The zero-order valence-corrected chi connectivity index (χ0v) is 22.1. The molecule has 1 heterocycles. The highest BCUT2D eigenvalue weighted by molar-refractivity contribution is 7.90. The number of sulfone groups is 1. The van der Waals surface area contributed by atoms with E-state index in [1.54, 1.807) is 50.2 Å². The van der Waals surface area contributed by atoms with Crippen molar-refractivity contribution in [3.63, 3.8) is 0 Å². The van der Waals surface area contributed by atoms with Gasteiger partial charge in [-0.1, -0.05) is 37.8 Å². The van der Waals surface area contributed by atoms with Crippen LogP contribution in [0.15, 0.2) is 47.5 Å². The van der Waals surface area contributed by atoms with Crippen molar-refractivity contribution in [2.24, 2.45) is 11.8 Å². The zero-order valence-electron chi connectivity index (χ0n) is 20.4. The van der Waals surface area contributed by atoms with E-state index in [0.717, 1.165) is 24.8 Å². The van der Waals surface area contributed by atoms with E-state index in [1.165, 1.54) is 25.3 Å². The Balaban J connectivity index is 1.59. The summed E-state index contributed by atoms with van der Waals surface area (Å²) in [6.45, 7) is 3.95. The lowest BCUT2D eigenvalue weighted by Gasteiger charge is -2.21. The molecule has 8 nitrogen and oxygen atoms in total. The van der Waals surface area contributed by atoms with E-state index in [1.807, 2.05) is 0 Å². The molecule has 1 amide bonds. The number of amides is 1. The lowest BCUT2D eigenvalue weighted by Crippen LogP contribution is -2.31. The fraction of sp³-hybridized carbons (Fsp3) is 0.520. The normalized spacial score (nSPS) is 22.8. The third-order valence-electron chi connectivity index (χ3n) is 7.09. The summed E-state index contributed by atoms with van der Waals surface area (Å²) < 4.78 is 47.5. The highest BCUT2D eigenvalue weighted by atomic mass is 32.2. The molecule has 190 valence electrons. The Hall–Kier alpha value is -2.06. The number of hydrogen-bond acceptors (Lipinski definition) is 7. The average molecular weight is 521 g/mol. The van der Waals surface area contributed by atoms with Crippen LogP contribution in [-0.4, -0.2) is 38.8 Å². The Morgan fingerprint density at radius 2 is 1.71 bits per heavy atom. The second kappa shape index (κ2) is 10.1. The number of nitrogens with zero attached hydrogens (tertiary/aromatic N) is 1. The zero-order chi connectivity index (χ0) is 25.3. The third kappa shape index (κ3) is 5.24. The van der Waals surface area contributed by atoms with Crippen LogP contribution in [-0.2, 0) is 33.7 Å². The molecule has 2 saturated carbocycles. The van der Waals surface area contributed by atoms with Crippen LogP contribution >= 0.6 is 7.60 Å².